The van der Waals surface area contributed by atoms with Crippen LogP contribution in [0.5, 0.6) is 0 Å². The van der Waals surface area contributed by atoms with Crippen molar-refractivity contribution >= 4 is 17.5 Å². The van der Waals surface area contributed by atoms with Crippen molar-refractivity contribution in [3.8, 4) is 0 Å². The predicted molar refractivity (Wildman–Crippen MR) is 61.5 cm³/mol. The van der Waals surface area contributed by atoms with Crippen LogP contribution in [0.1, 0.15) is 34.6 Å². The first-order valence-electron chi connectivity index (χ1n) is 5.26. The van der Waals surface area contributed by atoms with Crippen LogP contribution in [0.15, 0.2) is 0 Å². The number of hydrogen-bond acceptors (Lipinski definition) is 1. The molecule has 0 aromatic carbocycles. The second-order valence-corrected chi connectivity index (χ2v) is 4.85. The number of nitrogens with one attached hydrogen (secondary N) is 1. The SMILES string of the molecule is CC(C)C(CCl)NC(=O)C(C)C(C)C. The zero-order valence-electron chi connectivity index (χ0n) is 9.80. The van der Waals surface area contributed by atoms with Crippen LogP contribution in [-0.2, 0) is 4.79 Å². The first-order valence-corrected chi connectivity index (χ1v) is 5.79. The van der Waals surface area contributed by atoms with Gasteiger partial charge in [-0.15, -0.1) is 11.6 Å². The third-order valence-electron chi connectivity index (χ3n) is 2.71. The number of rotatable bonds is 5. The molecule has 0 heterocycles. The van der Waals surface area contributed by atoms with Gasteiger partial charge in [0.15, 0.2) is 0 Å². The maximum Gasteiger partial charge on any atom is 0.223 e. The molecule has 14 heavy (non-hydrogen) atoms. The van der Waals surface area contributed by atoms with Gasteiger partial charge in [-0.05, 0) is 11.8 Å². The Morgan fingerprint density at radius 2 is 1.64 bits per heavy atom. The zero-order valence-corrected chi connectivity index (χ0v) is 10.6. The third-order valence-corrected chi connectivity index (χ3v) is 3.04. The highest BCUT2D eigenvalue weighted by Crippen LogP contribution is 2.11. The summed E-state index contributed by atoms with van der Waals surface area (Å²) in [6.45, 7) is 10.2. The molecule has 3 heteroatoms. The molecular formula is C11H22ClNO. The molecule has 0 radical (unpaired) electrons. The van der Waals surface area contributed by atoms with E-state index in [1.165, 1.54) is 0 Å². The van der Waals surface area contributed by atoms with Gasteiger partial charge in [0, 0.05) is 17.8 Å². The Bertz CT molecular complexity index is 180. The van der Waals surface area contributed by atoms with E-state index in [2.05, 4.69) is 33.0 Å². The largest absolute Gasteiger partial charge is 0.352 e. The normalized spacial score (nSPS) is 15.7. The molecule has 2 atom stereocenters. The summed E-state index contributed by atoms with van der Waals surface area (Å²) in [4.78, 5) is 11.7. The smallest absolute Gasteiger partial charge is 0.223 e. The first kappa shape index (κ1) is 13.8. The van der Waals surface area contributed by atoms with Crippen LogP contribution in [0.2, 0.25) is 0 Å². The summed E-state index contributed by atoms with van der Waals surface area (Å²) >= 11 is 5.78. The molecule has 2 unspecified atom stereocenters. The highest BCUT2D eigenvalue weighted by molar-refractivity contribution is 6.18. The average Bonchev–Trinajstić information content (AvgIpc) is 2.11. The Morgan fingerprint density at radius 3 is 1.93 bits per heavy atom. The standard InChI is InChI=1S/C11H22ClNO/c1-7(2)9(5)11(14)13-10(6-12)8(3)4/h7-10H,6H2,1-5H3,(H,13,14). The molecule has 0 saturated carbocycles. The van der Waals surface area contributed by atoms with Gasteiger partial charge in [-0.25, -0.2) is 0 Å². The Morgan fingerprint density at radius 1 is 1.14 bits per heavy atom. The van der Waals surface area contributed by atoms with Gasteiger partial charge >= 0.3 is 0 Å². The summed E-state index contributed by atoms with van der Waals surface area (Å²) in [7, 11) is 0. The van der Waals surface area contributed by atoms with Gasteiger partial charge in [-0.2, -0.15) is 0 Å². The minimum absolute atomic E-state index is 0.0551. The Kier molecular flexibility index (Phi) is 6.17. The molecular weight excluding hydrogens is 198 g/mol. The lowest BCUT2D eigenvalue weighted by molar-refractivity contribution is -0.126. The van der Waals surface area contributed by atoms with Gasteiger partial charge in [0.2, 0.25) is 5.91 Å². The molecule has 1 N–H and O–H groups in total. The second kappa shape index (κ2) is 6.28. The van der Waals surface area contributed by atoms with E-state index in [0.29, 0.717) is 17.7 Å². The van der Waals surface area contributed by atoms with Crippen LogP contribution >= 0.6 is 11.6 Å². The number of carbonyl (C=O) groups is 1. The summed E-state index contributed by atoms with van der Waals surface area (Å²) in [6.07, 6.45) is 0. The molecule has 0 aliphatic rings. The summed E-state index contributed by atoms with van der Waals surface area (Å²) in [5.74, 6) is 1.40. The monoisotopic (exact) mass is 219 g/mol. The number of hydrogen-bond donors (Lipinski definition) is 1. The second-order valence-electron chi connectivity index (χ2n) is 4.55. The quantitative estimate of drug-likeness (QED) is 0.708. The van der Waals surface area contributed by atoms with Crippen molar-refractivity contribution in [2.24, 2.45) is 17.8 Å². The lowest BCUT2D eigenvalue weighted by Gasteiger charge is -2.23. The van der Waals surface area contributed by atoms with E-state index in [4.69, 9.17) is 11.6 Å². The molecule has 0 aromatic heterocycles. The van der Waals surface area contributed by atoms with Crippen LogP contribution < -0.4 is 5.32 Å². The molecule has 0 aliphatic carbocycles. The summed E-state index contributed by atoms with van der Waals surface area (Å²) < 4.78 is 0. The number of carbonyl (C=O) groups excluding carboxylic acids is 1. The van der Waals surface area contributed by atoms with Crippen molar-refractivity contribution in [1.82, 2.24) is 5.32 Å². The van der Waals surface area contributed by atoms with Crippen LogP contribution in [0.25, 0.3) is 0 Å². The Balaban J connectivity index is 4.15. The van der Waals surface area contributed by atoms with Crippen LogP contribution in [0.4, 0.5) is 0 Å². The Hall–Kier alpha value is -0.240. The number of halogens is 1. The lowest BCUT2D eigenvalue weighted by atomic mass is 9.96. The van der Waals surface area contributed by atoms with Gasteiger partial charge in [0.05, 0.1) is 0 Å². The predicted octanol–water partition coefficient (Wildman–Crippen LogP) is 2.66. The van der Waals surface area contributed by atoms with E-state index in [-0.39, 0.29) is 17.9 Å². The summed E-state index contributed by atoms with van der Waals surface area (Å²) in [5.41, 5.74) is 0. The number of amides is 1. The van der Waals surface area contributed by atoms with Gasteiger partial charge < -0.3 is 5.32 Å². The van der Waals surface area contributed by atoms with E-state index in [1.54, 1.807) is 0 Å². The van der Waals surface area contributed by atoms with Gasteiger partial charge in [-0.3, -0.25) is 4.79 Å². The molecule has 0 aliphatic heterocycles. The molecule has 2 nitrogen and oxygen atoms in total. The van der Waals surface area contributed by atoms with Crippen molar-refractivity contribution < 1.29 is 4.79 Å². The molecule has 1 amide bonds. The third kappa shape index (κ3) is 4.32. The van der Waals surface area contributed by atoms with Crippen molar-refractivity contribution in [2.75, 3.05) is 5.88 Å². The maximum absolute atomic E-state index is 11.7. The molecule has 0 spiro atoms. The highest BCUT2D eigenvalue weighted by atomic mass is 35.5. The van der Waals surface area contributed by atoms with Crippen molar-refractivity contribution in [3.63, 3.8) is 0 Å². The van der Waals surface area contributed by atoms with Gasteiger partial charge in [0.25, 0.3) is 0 Å². The molecule has 0 saturated heterocycles. The Labute approximate surface area is 92.4 Å². The molecule has 84 valence electrons. The lowest BCUT2D eigenvalue weighted by Crippen LogP contribution is -2.43. The molecule has 0 aromatic rings. The van der Waals surface area contributed by atoms with Gasteiger partial charge in [0.1, 0.15) is 0 Å². The van der Waals surface area contributed by atoms with E-state index in [9.17, 15) is 4.79 Å². The summed E-state index contributed by atoms with van der Waals surface area (Å²) in [6, 6.07) is 0.0883. The van der Waals surface area contributed by atoms with Crippen LogP contribution in [-0.4, -0.2) is 17.8 Å². The topological polar surface area (TPSA) is 29.1 Å². The van der Waals surface area contributed by atoms with Crippen molar-refractivity contribution in [1.29, 1.82) is 0 Å². The van der Waals surface area contributed by atoms with Crippen LogP contribution in [0, 0.1) is 17.8 Å². The van der Waals surface area contributed by atoms with E-state index in [1.807, 2.05) is 6.92 Å². The zero-order chi connectivity index (χ0) is 11.3. The van der Waals surface area contributed by atoms with Crippen molar-refractivity contribution in [2.45, 2.75) is 40.7 Å². The van der Waals surface area contributed by atoms with E-state index < -0.39 is 0 Å². The molecule has 0 bridgehead atoms. The summed E-state index contributed by atoms with van der Waals surface area (Å²) in [5, 5.41) is 2.98. The van der Waals surface area contributed by atoms with Crippen molar-refractivity contribution in [3.05, 3.63) is 0 Å². The fraction of sp³-hybridized carbons (Fsp3) is 0.909. The van der Waals surface area contributed by atoms with E-state index in [0.717, 1.165) is 0 Å². The van der Waals surface area contributed by atoms with Crippen LogP contribution in [0.3, 0.4) is 0 Å². The molecule has 0 rings (SSSR count). The highest BCUT2D eigenvalue weighted by Gasteiger charge is 2.21. The molecule has 0 fully saturated rings. The number of alkyl halides is 1. The maximum atomic E-state index is 11.7. The minimum atomic E-state index is 0.0551. The fourth-order valence-electron chi connectivity index (χ4n) is 1.00. The van der Waals surface area contributed by atoms with E-state index >= 15 is 0 Å². The fourth-order valence-corrected chi connectivity index (χ4v) is 1.43. The average molecular weight is 220 g/mol. The first-order chi connectivity index (χ1) is 6.40. The van der Waals surface area contributed by atoms with Gasteiger partial charge in [-0.1, -0.05) is 34.6 Å². The minimum Gasteiger partial charge on any atom is -0.352 e.